The predicted octanol–water partition coefficient (Wildman–Crippen LogP) is 2.99. The molecule has 9 heteroatoms. The van der Waals surface area contributed by atoms with Crippen molar-refractivity contribution in [2.24, 2.45) is 10.9 Å². The highest BCUT2D eigenvalue weighted by Gasteiger charge is 2.33. The average molecular weight is 523 g/mol. The van der Waals surface area contributed by atoms with Crippen molar-refractivity contribution in [3.63, 3.8) is 0 Å². The normalized spacial score (nSPS) is 20.6. The number of hydrogen-bond acceptors (Lipinski definition) is 4. The van der Waals surface area contributed by atoms with Crippen LogP contribution in [0, 0.1) is 5.92 Å². The Morgan fingerprint density at radius 1 is 1.28 bits per heavy atom. The molecule has 0 radical (unpaired) electrons. The summed E-state index contributed by atoms with van der Waals surface area (Å²) >= 11 is 0. The van der Waals surface area contributed by atoms with Gasteiger partial charge in [0.05, 0.1) is 5.69 Å². The zero-order valence-corrected chi connectivity index (χ0v) is 19.6. The number of guanidine groups is 1. The highest BCUT2D eigenvalue weighted by atomic mass is 127. The van der Waals surface area contributed by atoms with Gasteiger partial charge in [-0.2, -0.15) is 8.78 Å². The van der Waals surface area contributed by atoms with Gasteiger partial charge in [-0.15, -0.1) is 24.0 Å². The summed E-state index contributed by atoms with van der Waals surface area (Å²) in [5, 5.41) is 6.91. The highest BCUT2D eigenvalue weighted by molar-refractivity contribution is 14.0. The molecule has 2 N–H and O–H groups in total. The first-order valence-corrected chi connectivity index (χ1v) is 9.90. The van der Waals surface area contributed by atoms with Crippen molar-refractivity contribution in [2.45, 2.75) is 38.0 Å². The van der Waals surface area contributed by atoms with Crippen LogP contribution >= 0.6 is 24.0 Å². The molecular weight excluding hydrogens is 491 g/mol. The minimum Gasteiger partial charge on any atom is -0.433 e. The molecule has 1 heterocycles. The van der Waals surface area contributed by atoms with Crippen LogP contribution in [0.4, 0.5) is 14.5 Å². The molecule has 1 saturated heterocycles. The summed E-state index contributed by atoms with van der Waals surface area (Å²) < 4.78 is 30.0. The van der Waals surface area contributed by atoms with Crippen molar-refractivity contribution in [3.8, 4) is 5.75 Å². The van der Waals surface area contributed by atoms with Gasteiger partial charge in [0.15, 0.2) is 5.96 Å². The molecule has 6 nitrogen and oxygen atoms in total. The van der Waals surface area contributed by atoms with Gasteiger partial charge in [-0.1, -0.05) is 12.1 Å². The number of nitrogens with zero attached hydrogens (tertiary/aromatic N) is 3. The summed E-state index contributed by atoms with van der Waals surface area (Å²) in [5.41, 5.74) is 0.705. The lowest BCUT2D eigenvalue weighted by Crippen LogP contribution is -2.49. The molecule has 2 unspecified atom stereocenters. The fourth-order valence-corrected chi connectivity index (χ4v) is 3.85. The van der Waals surface area contributed by atoms with Gasteiger partial charge in [0.2, 0.25) is 0 Å². The van der Waals surface area contributed by atoms with E-state index in [-0.39, 0.29) is 35.8 Å². The van der Waals surface area contributed by atoms with Crippen molar-refractivity contribution in [1.82, 2.24) is 15.5 Å². The van der Waals surface area contributed by atoms with E-state index in [1.807, 2.05) is 12.1 Å². The Labute approximate surface area is 189 Å². The van der Waals surface area contributed by atoms with Crippen LogP contribution in [0.15, 0.2) is 29.3 Å². The topological polar surface area (TPSA) is 52.1 Å². The average Bonchev–Trinajstić information content (AvgIpc) is 3.38. The zero-order chi connectivity index (χ0) is 20.1. The molecule has 1 aliphatic heterocycles. The standard InChI is InChI=1S/C20H31F2N5O.HI/c1-23-20(24-12-17(26(2)3)14-8-9-14)25-15-10-11-27(13-15)16-6-4-5-7-18(16)28-19(21)22;/h4-7,14-15,17,19H,8-13H2,1-3H3,(H2,23,24,25);1H. The number of likely N-dealkylation sites (N-methyl/N-ethyl adjacent to an activating group) is 1. The molecule has 2 fully saturated rings. The van der Waals surface area contributed by atoms with Crippen LogP contribution in [0.3, 0.4) is 0 Å². The summed E-state index contributed by atoms with van der Waals surface area (Å²) in [6, 6.07) is 7.67. The van der Waals surface area contributed by atoms with Gasteiger partial charge in [-0.3, -0.25) is 4.99 Å². The van der Waals surface area contributed by atoms with E-state index < -0.39 is 6.61 Å². The summed E-state index contributed by atoms with van der Waals surface area (Å²) in [6.07, 6.45) is 3.51. The smallest absolute Gasteiger partial charge is 0.387 e. The van der Waals surface area contributed by atoms with Gasteiger partial charge in [0, 0.05) is 38.8 Å². The maximum absolute atomic E-state index is 12.7. The summed E-state index contributed by atoms with van der Waals surface area (Å²) in [6.45, 7) is -0.472. The molecule has 29 heavy (non-hydrogen) atoms. The van der Waals surface area contributed by atoms with Crippen molar-refractivity contribution >= 4 is 35.6 Å². The Kier molecular flexibility index (Phi) is 9.19. The Morgan fingerprint density at radius 3 is 2.62 bits per heavy atom. The van der Waals surface area contributed by atoms with Crippen molar-refractivity contribution < 1.29 is 13.5 Å². The van der Waals surface area contributed by atoms with E-state index in [4.69, 9.17) is 0 Å². The second-order valence-electron chi connectivity index (χ2n) is 7.74. The lowest BCUT2D eigenvalue weighted by molar-refractivity contribution is -0.0495. The number of nitrogens with one attached hydrogen (secondary N) is 2. The number of rotatable bonds is 8. The van der Waals surface area contributed by atoms with E-state index in [0.29, 0.717) is 18.3 Å². The van der Waals surface area contributed by atoms with Crippen LogP contribution in [-0.2, 0) is 0 Å². The minimum absolute atomic E-state index is 0. The quantitative estimate of drug-likeness (QED) is 0.312. The minimum atomic E-state index is -2.82. The molecular formula is C20H32F2IN5O. The summed E-state index contributed by atoms with van der Waals surface area (Å²) in [5.74, 6) is 1.78. The van der Waals surface area contributed by atoms with E-state index in [0.717, 1.165) is 31.4 Å². The molecule has 2 atom stereocenters. The van der Waals surface area contributed by atoms with Crippen LogP contribution < -0.4 is 20.3 Å². The van der Waals surface area contributed by atoms with Crippen molar-refractivity contribution in [3.05, 3.63) is 24.3 Å². The Hall–Kier alpha value is -1.36. The zero-order valence-electron chi connectivity index (χ0n) is 17.3. The monoisotopic (exact) mass is 523 g/mol. The molecule has 1 aromatic rings. The molecule has 1 aliphatic carbocycles. The number of halogens is 3. The molecule has 3 rings (SSSR count). The molecule has 0 bridgehead atoms. The van der Waals surface area contributed by atoms with E-state index in [9.17, 15) is 8.78 Å². The Bertz CT molecular complexity index is 670. The summed E-state index contributed by atoms with van der Waals surface area (Å²) in [4.78, 5) is 8.70. The number of para-hydroxylation sites is 2. The first-order valence-electron chi connectivity index (χ1n) is 9.90. The maximum Gasteiger partial charge on any atom is 0.387 e. The first-order chi connectivity index (χ1) is 13.5. The highest BCUT2D eigenvalue weighted by Crippen LogP contribution is 2.34. The second kappa shape index (κ2) is 11.1. The molecule has 164 valence electrons. The SMILES string of the molecule is CN=C(NCC(C1CC1)N(C)C)NC1CCN(c2ccccc2OC(F)F)C1.I. The van der Waals surface area contributed by atoms with Crippen LogP contribution in [-0.4, -0.2) is 70.3 Å². The van der Waals surface area contributed by atoms with Crippen LogP contribution in [0.1, 0.15) is 19.3 Å². The van der Waals surface area contributed by atoms with Crippen LogP contribution in [0.25, 0.3) is 0 Å². The summed E-state index contributed by atoms with van der Waals surface area (Å²) in [7, 11) is 6.01. The number of alkyl halides is 2. The molecule has 1 aromatic carbocycles. The lowest BCUT2D eigenvalue weighted by atomic mass is 10.1. The van der Waals surface area contributed by atoms with E-state index in [2.05, 4.69) is 44.3 Å². The van der Waals surface area contributed by atoms with Gasteiger partial charge in [0.1, 0.15) is 5.75 Å². The van der Waals surface area contributed by atoms with Gasteiger partial charge in [-0.25, -0.2) is 0 Å². The van der Waals surface area contributed by atoms with E-state index >= 15 is 0 Å². The molecule has 0 aromatic heterocycles. The largest absolute Gasteiger partial charge is 0.433 e. The number of benzene rings is 1. The van der Waals surface area contributed by atoms with Gasteiger partial charge < -0.3 is 25.2 Å². The van der Waals surface area contributed by atoms with Crippen LogP contribution in [0.2, 0.25) is 0 Å². The third kappa shape index (κ3) is 6.84. The third-order valence-corrected chi connectivity index (χ3v) is 5.48. The van der Waals surface area contributed by atoms with Gasteiger partial charge in [0.25, 0.3) is 0 Å². The molecule has 0 amide bonds. The Morgan fingerprint density at radius 2 is 2.00 bits per heavy atom. The predicted molar refractivity (Wildman–Crippen MR) is 124 cm³/mol. The van der Waals surface area contributed by atoms with Gasteiger partial charge >= 0.3 is 6.61 Å². The van der Waals surface area contributed by atoms with Gasteiger partial charge in [-0.05, 0) is 51.4 Å². The van der Waals surface area contributed by atoms with Crippen LogP contribution in [0.5, 0.6) is 5.75 Å². The molecule has 1 saturated carbocycles. The fraction of sp³-hybridized carbons (Fsp3) is 0.650. The maximum atomic E-state index is 12.7. The Balaban J connectivity index is 0.00000300. The van der Waals surface area contributed by atoms with Crippen molar-refractivity contribution in [2.75, 3.05) is 45.7 Å². The number of hydrogen-bond donors (Lipinski definition) is 2. The number of ether oxygens (including phenoxy) is 1. The molecule has 2 aliphatic rings. The fourth-order valence-electron chi connectivity index (χ4n) is 3.85. The third-order valence-electron chi connectivity index (χ3n) is 5.48. The molecule has 0 spiro atoms. The first kappa shape index (κ1) is 23.9. The second-order valence-corrected chi connectivity index (χ2v) is 7.74. The van der Waals surface area contributed by atoms with E-state index in [1.165, 1.54) is 12.8 Å². The number of anilines is 1. The number of aliphatic imine (C=N–C) groups is 1. The van der Waals surface area contributed by atoms with Crippen molar-refractivity contribution in [1.29, 1.82) is 0 Å². The lowest BCUT2D eigenvalue weighted by Gasteiger charge is -2.26. The van der Waals surface area contributed by atoms with E-state index in [1.54, 1.807) is 19.2 Å².